The molecule has 4 aromatic carbocycles. The van der Waals surface area contributed by atoms with Crippen molar-refractivity contribution in [3.8, 4) is 0 Å². The average Bonchev–Trinajstić information content (AvgIpc) is 3.46. The summed E-state index contributed by atoms with van der Waals surface area (Å²) in [5, 5.41) is 2.47. The van der Waals surface area contributed by atoms with Crippen molar-refractivity contribution in [1.82, 2.24) is 0 Å². The SMILES string of the molecule is C=C/C=C(\C=C)C(CC)c1cc(CC)c(N=C2C(=Nc3c(CC)cc(CC(/C=C\CC)=C/C)cc3CC)c3cccc4cccc2c34)c(CC)c1. The Hall–Kier alpha value is -4.82. The Morgan fingerprint density at radius 1 is 0.725 bits per heavy atom. The predicted octanol–water partition coefficient (Wildman–Crippen LogP) is 13.6. The molecule has 1 aliphatic carbocycles. The van der Waals surface area contributed by atoms with E-state index in [1.165, 1.54) is 60.9 Å². The van der Waals surface area contributed by atoms with Gasteiger partial charge in [0.25, 0.3) is 0 Å². The Balaban J connectivity index is 1.75. The van der Waals surface area contributed by atoms with E-state index in [9.17, 15) is 0 Å². The van der Waals surface area contributed by atoms with Crippen LogP contribution in [0.2, 0.25) is 0 Å². The van der Waals surface area contributed by atoms with E-state index in [1.807, 2.05) is 12.2 Å². The van der Waals surface area contributed by atoms with Gasteiger partial charge in [0, 0.05) is 22.4 Å². The number of aliphatic imine (C=N–C) groups is 2. The summed E-state index contributed by atoms with van der Waals surface area (Å²) in [7, 11) is 0. The molecule has 1 unspecified atom stereocenters. The van der Waals surface area contributed by atoms with Crippen LogP contribution >= 0.6 is 0 Å². The molecule has 0 heterocycles. The highest BCUT2D eigenvalue weighted by Gasteiger charge is 2.29. The average molecular weight is 673 g/mol. The number of nitrogens with zero attached hydrogens (tertiary/aromatic N) is 2. The van der Waals surface area contributed by atoms with Gasteiger partial charge in [0.2, 0.25) is 0 Å². The third kappa shape index (κ3) is 7.76. The third-order valence-electron chi connectivity index (χ3n) is 10.3. The summed E-state index contributed by atoms with van der Waals surface area (Å²) >= 11 is 0. The molecule has 0 fully saturated rings. The van der Waals surface area contributed by atoms with Crippen molar-refractivity contribution in [3.63, 3.8) is 0 Å². The molecule has 0 saturated heterocycles. The van der Waals surface area contributed by atoms with E-state index in [4.69, 9.17) is 9.98 Å². The summed E-state index contributed by atoms with van der Waals surface area (Å²) in [4.78, 5) is 11.3. The van der Waals surface area contributed by atoms with Gasteiger partial charge in [-0.05, 0) is 102 Å². The molecule has 1 aliphatic rings. The zero-order valence-corrected chi connectivity index (χ0v) is 32.1. The summed E-state index contributed by atoms with van der Waals surface area (Å²) in [5.41, 5.74) is 16.8. The molecule has 1 atom stereocenters. The van der Waals surface area contributed by atoms with Crippen molar-refractivity contribution < 1.29 is 0 Å². The monoisotopic (exact) mass is 672 g/mol. The smallest absolute Gasteiger partial charge is 0.0979 e. The van der Waals surface area contributed by atoms with Gasteiger partial charge < -0.3 is 0 Å². The summed E-state index contributed by atoms with van der Waals surface area (Å²) in [6.07, 6.45) is 19.3. The Morgan fingerprint density at radius 3 is 1.69 bits per heavy atom. The minimum atomic E-state index is 0.258. The lowest BCUT2D eigenvalue weighted by molar-refractivity contribution is 0.772. The maximum absolute atomic E-state index is 5.67. The van der Waals surface area contributed by atoms with Gasteiger partial charge in [-0.15, -0.1) is 0 Å². The van der Waals surface area contributed by atoms with Crippen LogP contribution in [0, 0.1) is 0 Å². The highest BCUT2D eigenvalue weighted by molar-refractivity contribution is 6.61. The molecule has 0 saturated carbocycles. The Morgan fingerprint density at radius 2 is 1.25 bits per heavy atom. The number of aryl methyl sites for hydroxylation is 4. The van der Waals surface area contributed by atoms with E-state index >= 15 is 0 Å². The molecule has 0 bridgehead atoms. The quantitative estimate of drug-likeness (QED) is 0.112. The van der Waals surface area contributed by atoms with Crippen molar-refractivity contribution >= 4 is 33.6 Å². The maximum Gasteiger partial charge on any atom is 0.0979 e. The third-order valence-corrected chi connectivity index (χ3v) is 10.3. The van der Waals surface area contributed by atoms with Crippen molar-refractivity contribution in [2.24, 2.45) is 9.98 Å². The molecular formula is C49H56N2. The van der Waals surface area contributed by atoms with Crippen LogP contribution in [-0.4, -0.2) is 11.4 Å². The van der Waals surface area contributed by atoms with Gasteiger partial charge in [0.1, 0.15) is 0 Å². The number of hydrogen-bond donors (Lipinski definition) is 0. The van der Waals surface area contributed by atoms with E-state index in [1.54, 1.807) is 0 Å². The molecule has 0 aromatic heterocycles. The summed E-state index contributed by atoms with van der Waals surface area (Å²) in [5.74, 6) is 0.258. The molecule has 0 spiro atoms. The Bertz CT molecular complexity index is 2020. The van der Waals surface area contributed by atoms with E-state index in [0.717, 1.165) is 73.3 Å². The van der Waals surface area contributed by atoms with Gasteiger partial charge in [0.05, 0.1) is 22.8 Å². The van der Waals surface area contributed by atoms with E-state index in [2.05, 4.69) is 147 Å². The Labute approximate surface area is 307 Å². The zero-order chi connectivity index (χ0) is 36.5. The van der Waals surface area contributed by atoms with Gasteiger partial charge in [-0.3, -0.25) is 0 Å². The van der Waals surface area contributed by atoms with Crippen molar-refractivity contribution in [2.45, 2.75) is 99.3 Å². The fourth-order valence-electron chi connectivity index (χ4n) is 7.62. The molecule has 51 heavy (non-hydrogen) atoms. The Kier molecular flexibility index (Phi) is 12.8. The van der Waals surface area contributed by atoms with Gasteiger partial charge in [-0.2, -0.15) is 0 Å². The molecule has 0 amide bonds. The molecule has 262 valence electrons. The van der Waals surface area contributed by atoms with Crippen molar-refractivity contribution in [2.75, 3.05) is 0 Å². The van der Waals surface area contributed by atoms with E-state index < -0.39 is 0 Å². The minimum Gasteiger partial charge on any atom is -0.246 e. The number of hydrogen-bond acceptors (Lipinski definition) is 2. The van der Waals surface area contributed by atoms with Crippen molar-refractivity contribution in [3.05, 3.63) is 166 Å². The fraction of sp³-hybridized carbons (Fsp3) is 0.306. The molecule has 0 aliphatic heterocycles. The molecule has 2 heteroatoms. The highest BCUT2D eigenvalue weighted by Crippen LogP contribution is 2.40. The van der Waals surface area contributed by atoms with E-state index in [0.29, 0.717) is 0 Å². The second kappa shape index (κ2) is 17.4. The fourth-order valence-corrected chi connectivity index (χ4v) is 7.62. The number of rotatable bonds is 15. The van der Waals surface area contributed by atoms with Crippen molar-refractivity contribution in [1.29, 1.82) is 0 Å². The topological polar surface area (TPSA) is 24.7 Å². The molecule has 4 aromatic rings. The second-order valence-electron chi connectivity index (χ2n) is 13.4. The largest absolute Gasteiger partial charge is 0.246 e. The minimum absolute atomic E-state index is 0.258. The van der Waals surface area contributed by atoms with Crippen LogP contribution in [0.25, 0.3) is 10.8 Å². The zero-order valence-electron chi connectivity index (χ0n) is 32.1. The number of benzene rings is 4. The van der Waals surface area contributed by atoms with Gasteiger partial charge in [-0.25, -0.2) is 9.98 Å². The number of allylic oxidation sites excluding steroid dienone is 8. The highest BCUT2D eigenvalue weighted by atomic mass is 14.8. The standard InChI is InChI=1S/C49H56N2/c1-10-19-23-33(12-3)28-34-29-36(14-5)46(37(15-6)30-34)50-48-43-26-20-24-40-25-21-27-44(45(40)43)49(48)51-47-38(16-7)31-41(32-39(47)17-8)42(18-9)35(13-4)22-11-2/h11-13,19-27,29-32,42H,2,4,10,14-18,28H2,1,3,5-9H3/b23-19-,33-12+,35-22+,50-48?,51-49?. The van der Waals surface area contributed by atoms with Crippen LogP contribution in [0.1, 0.15) is 112 Å². The summed E-state index contributed by atoms with van der Waals surface area (Å²) in [6.45, 7) is 23.7. The first kappa shape index (κ1) is 37.4. The first-order valence-electron chi connectivity index (χ1n) is 19.2. The molecule has 0 radical (unpaired) electrons. The first-order chi connectivity index (χ1) is 24.9. The lowest BCUT2D eigenvalue weighted by Crippen LogP contribution is -2.12. The maximum atomic E-state index is 5.67. The lowest BCUT2D eigenvalue weighted by atomic mass is 9.85. The van der Waals surface area contributed by atoms with E-state index in [-0.39, 0.29) is 5.92 Å². The van der Waals surface area contributed by atoms with Gasteiger partial charge in [-0.1, -0.05) is 152 Å². The first-order valence-corrected chi connectivity index (χ1v) is 19.2. The van der Waals surface area contributed by atoms with Crippen LogP contribution in [0.3, 0.4) is 0 Å². The van der Waals surface area contributed by atoms with Gasteiger partial charge >= 0.3 is 0 Å². The van der Waals surface area contributed by atoms with Crippen LogP contribution in [-0.2, 0) is 32.1 Å². The molecule has 0 N–H and O–H groups in total. The molecule has 2 nitrogen and oxygen atoms in total. The molecular weight excluding hydrogens is 617 g/mol. The van der Waals surface area contributed by atoms with Crippen LogP contribution in [0.5, 0.6) is 0 Å². The molecule has 5 rings (SSSR count). The normalized spacial score (nSPS) is 15.4. The van der Waals surface area contributed by atoms with Crippen LogP contribution in [0.4, 0.5) is 11.4 Å². The predicted molar refractivity (Wildman–Crippen MR) is 225 cm³/mol. The summed E-state index contributed by atoms with van der Waals surface area (Å²) in [6, 6.07) is 22.7. The lowest BCUT2D eigenvalue weighted by Gasteiger charge is -2.21. The van der Waals surface area contributed by atoms with Crippen LogP contribution < -0.4 is 0 Å². The summed E-state index contributed by atoms with van der Waals surface area (Å²) < 4.78 is 0. The van der Waals surface area contributed by atoms with Gasteiger partial charge in [0.15, 0.2) is 0 Å². The second-order valence-corrected chi connectivity index (χ2v) is 13.4. The van der Waals surface area contributed by atoms with Crippen LogP contribution in [0.15, 0.2) is 131 Å².